The molecule has 78 valence electrons. The Kier molecular flexibility index (Phi) is 2.42. The van der Waals surface area contributed by atoms with E-state index in [0.717, 1.165) is 23.2 Å². The molecule has 0 radical (unpaired) electrons. The maximum absolute atomic E-state index is 5.57. The lowest BCUT2D eigenvalue weighted by Crippen LogP contribution is -2.29. The highest BCUT2D eigenvalue weighted by atomic mass is 79.9. The zero-order valence-electron chi connectivity index (χ0n) is 8.00. The molecule has 0 saturated heterocycles. The molecule has 1 N–H and O–H groups in total. The van der Waals surface area contributed by atoms with Crippen molar-refractivity contribution in [3.63, 3.8) is 0 Å². The molecule has 2 aromatic heterocycles. The summed E-state index contributed by atoms with van der Waals surface area (Å²) in [6.45, 7) is 1.01. The van der Waals surface area contributed by atoms with Crippen LogP contribution < -0.4 is 5.32 Å². The van der Waals surface area contributed by atoms with E-state index in [4.69, 9.17) is 4.42 Å². The number of nitrogens with one attached hydrogen (secondary N) is 1. The van der Waals surface area contributed by atoms with Gasteiger partial charge in [0.2, 0.25) is 0 Å². The first-order valence-electron chi connectivity index (χ1n) is 4.87. The second-order valence-electron chi connectivity index (χ2n) is 3.62. The standard InChI is InChI=1S/C11H10BrNOS/c12-9-6-15-5-8(9)10-11-7(1-3-13-10)2-4-14-11/h2,4-6,10,13H,1,3H2. The van der Waals surface area contributed by atoms with Crippen LogP contribution in [0.4, 0.5) is 0 Å². The quantitative estimate of drug-likeness (QED) is 0.869. The van der Waals surface area contributed by atoms with E-state index >= 15 is 0 Å². The van der Waals surface area contributed by atoms with Crippen molar-refractivity contribution in [3.05, 3.63) is 44.4 Å². The van der Waals surface area contributed by atoms with Gasteiger partial charge in [-0.15, -0.1) is 0 Å². The van der Waals surface area contributed by atoms with E-state index in [2.05, 4.69) is 38.1 Å². The fraction of sp³-hybridized carbons (Fsp3) is 0.273. The van der Waals surface area contributed by atoms with Crippen molar-refractivity contribution in [2.45, 2.75) is 12.5 Å². The van der Waals surface area contributed by atoms with Crippen LogP contribution in [0, 0.1) is 0 Å². The maximum Gasteiger partial charge on any atom is 0.128 e. The molecule has 3 heterocycles. The zero-order valence-corrected chi connectivity index (χ0v) is 10.4. The highest BCUT2D eigenvalue weighted by molar-refractivity contribution is 9.10. The summed E-state index contributed by atoms with van der Waals surface area (Å²) in [5, 5.41) is 7.76. The van der Waals surface area contributed by atoms with Crippen LogP contribution in [0.25, 0.3) is 0 Å². The van der Waals surface area contributed by atoms with Crippen molar-refractivity contribution in [1.29, 1.82) is 0 Å². The summed E-state index contributed by atoms with van der Waals surface area (Å²) in [4.78, 5) is 0. The minimum absolute atomic E-state index is 0.212. The van der Waals surface area contributed by atoms with E-state index in [1.807, 2.05) is 0 Å². The average Bonchev–Trinajstić information content (AvgIpc) is 2.85. The van der Waals surface area contributed by atoms with Gasteiger partial charge in [0.15, 0.2) is 0 Å². The average molecular weight is 284 g/mol. The van der Waals surface area contributed by atoms with Gasteiger partial charge in [-0.3, -0.25) is 0 Å². The molecule has 0 bridgehead atoms. The van der Waals surface area contributed by atoms with Crippen molar-refractivity contribution in [2.24, 2.45) is 0 Å². The van der Waals surface area contributed by atoms with E-state index in [1.165, 1.54) is 11.1 Å². The van der Waals surface area contributed by atoms with Gasteiger partial charge in [0.25, 0.3) is 0 Å². The highest BCUT2D eigenvalue weighted by Gasteiger charge is 2.26. The summed E-state index contributed by atoms with van der Waals surface area (Å²) < 4.78 is 6.73. The Labute approximate surface area is 100 Å². The molecule has 0 spiro atoms. The van der Waals surface area contributed by atoms with Gasteiger partial charge in [-0.05, 0) is 39.4 Å². The number of hydrogen-bond donors (Lipinski definition) is 1. The predicted molar refractivity (Wildman–Crippen MR) is 64.3 cm³/mol. The number of halogens is 1. The minimum atomic E-state index is 0.212. The lowest BCUT2D eigenvalue weighted by atomic mass is 9.99. The molecule has 1 aliphatic rings. The van der Waals surface area contributed by atoms with E-state index in [1.54, 1.807) is 17.6 Å². The smallest absolute Gasteiger partial charge is 0.128 e. The monoisotopic (exact) mass is 283 g/mol. The number of rotatable bonds is 1. The molecule has 0 fully saturated rings. The molecule has 0 aromatic carbocycles. The van der Waals surface area contributed by atoms with Crippen molar-refractivity contribution in [2.75, 3.05) is 6.54 Å². The normalized spacial score (nSPS) is 20.2. The summed E-state index contributed by atoms with van der Waals surface area (Å²) in [6.07, 6.45) is 2.84. The van der Waals surface area contributed by atoms with Gasteiger partial charge >= 0.3 is 0 Å². The third-order valence-corrected chi connectivity index (χ3v) is 4.49. The Hall–Kier alpha value is -0.580. The van der Waals surface area contributed by atoms with Gasteiger partial charge in [-0.2, -0.15) is 11.3 Å². The molecule has 15 heavy (non-hydrogen) atoms. The van der Waals surface area contributed by atoms with E-state index in [0.29, 0.717) is 0 Å². The molecule has 3 rings (SSSR count). The molecule has 1 atom stereocenters. The molecule has 1 aliphatic heterocycles. The Morgan fingerprint density at radius 1 is 1.47 bits per heavy atom. The molecule has 4 heteroatoms. The van der Waals surface area contributed by atoms with Crippen molar-refractivity contribution in [1.82, 2.24) is 5.32 Å². The molecule has 2 nitrogen and oxygen atoms in total. The number of furan rings is 1. The first-order chi connectivity index (χ1) is 7.36. The third-order valence-electron chi connectivity index (χ3n) is 2.74. The summed E-state index contributed by atoms with van der Waals surface area (Å²) >= 11 is 5.28. The van der Waals surface area contributed by atoms with E-state index in [9.17, 15) is 0 Å². The molecule has 1 unspecified atom stereocenters. The van der Waals surface area contributed by atoms with Crippen molar-refractivity contribution in [3.8, 4) is 0 Å². The third kappa shape index (κ3) is 1.57. The predicted octanol–water partition coefficient (Wildman–Crippen LogP) is 3.34. The van der Waals surface area contributed by atoms with Crippen LogP contribution >= 0.6 is 27.3 Å². The van der Waals surface area contributed by atoms with E-state index < -0.39 is 0 Å². The lowest BCUT2D eigenvalue weighted by Gasteiger charge is -2.22. The zero-order chi connectivity index (χ0) is 10.3. The van der Waals surface area contributed by atoms with Crippen LogP contribution in [0.1, 0.15) is 22.9 Å². The number of hydrogen-bond acceptors (Lipinski definition) is 3. The second-order valence-corrected chi connectivity index (χ2v) is 5.22. The number of fused-ring (bicyclic) bond motifs is 1. The fourth-order valence-corrected chi connectivity index (χ4v) is 3.55. The Balaban J connectivity index is 2.07. The first kappa shape index (κ1) is 9.63. The van der Waals surface area contributed by atoms with Crippen molar-refractivity contribution >= 4 is 27.3 Å². The molecule has 0 saturated carbocycles. The second kappa shape index (κ2) is 3.77. The van der Waals surface area contributed by atoms with Gasteiger partial charge in [-0.25, -0.2) is 0 Å². The Morgan fingerprint density at radius 3 is 3.20 bits per heavy atom. The van der Waals surface area contributed by atoms with Gasteiger partial charge in [0.05, 0.1) is 12.3 Å². The van der Waals surface area contributed by atoms with Crippen LogP contribution in [-0.2, 0) is 6.42 Å². The maximum atomic E-state index is 5.57. The summed E-state index contributed by atoms with van der Waals surface area (Å²) in [5.41, 5.74) is 2.60. The largest absolute Gasteiger partial charge is 0.467 e. The SMILES string of the molecule is Brc1cscc1C1NCCc2ccoc21. The summed E-state index contributed by atoms with van der Waals surface area (Å²) in [6, 6.07) is 2.29. The van der Waals surface area contributed by atoms with Crippen LogP contribution in [0.2, 0.25) is 0 Å². The topological polar surface area (TPSA) is 25.2 Å². The molecule has 0 amide bonds. The van der Waals surface area contributed by atoms with Gasteiger partial charge in [0.1, 0.15) is 5.76 Å². The van der Waals surface area contributed by atoms with Crippen LogP contribution in [-0.4, -0.2) is 6.54 Å². The fourth-order valence-electron chi connectivity index (χ4n) is 2.00. The Morgan fingerprint density at radius 2 is 2.40 bits per heavy atom. The number of thiophene rings is 1. The van der Waals surface area contributed by atoms with E-state index in [-0.39, 0.29) is 6.04 Å². The summed E-state index contributed by atoms with van der Waals surface area (Å²) in [5.74, 6) is 1.07. The lowest BCUT2D eigenvalue weighted by molar-refractivity contribution is 0.425. The molecular weight excluding hydrogens is 274 g/mol. The molecule has 0 aliphatic carbocycles. The van der Waals surface area contributed by atoms with Crippen LogP contribution in [0.3, 0.4) is 0 Å². The van der Waals surface area contributed by atoms with Crippen LogP contribution in [0.15, 0.2) is 32.0 Å². The summed E-state index contributed by atoms with van der Waals surface area (Å²) in [7, 11) is 0. The van der Waals surface area contributed by atoms with Gasteiger partial charge in [0, 0.05) is 22.0 Å². The first-order valence-corrected chi connectivity index (χ1v) is 6.61. The molecular formula is C11H10BrNOS. The van der Waals surface area contributed by atoms with Gasteiger partial charge < -0.3 is 9.73 Å². The van der Waals surface area contributed by atoms with Gasteiger partial charge in [-0.1, -0.05) is 0 Å². The van der Waals surface area contributed by atoms with Crippen LogP contribution in [0.5, 0.6) is 0 Å². The van der Waals surface area contributed by atoms with Crippen molar-refractivity contribution < 1.29 is 4.42 Å². The Bertz CT molecular complexity index is 476. The highest BCUT2D eigenvalue weighted by Crippen LogP contribution is 2.35. The minimum Gasteiger partial charge on any atom is -0.467 e. The molecule has 2 aromatic rings.